The van der Waals surface area contributed by atoms with Gasteiger partial charge in [0.2, 0.25) is 21.8 Å². The van der Waals surface area contributed by atoms with Crippen molar-refractivity contribution in [3.8, 4) is 0 Å². The van der Waals surface area contributed by atoms with Crippen molar-refractivity contribution in [2.75, 3.05) is 24.2 Å². The Kier molecular flexibility index (Phi) is 8.34. The standard InChI is InChI=1S/C21H25Cl2N3O4S/c1-14-17(22)10-7-11-19(14)26(31(4,29)30)13-20(27)25(15(2)21(28)24-3)12-16-8-5-6-9-18(16)23/h5-11,15H,12-13H2,1-4H3,(H,24,28)/t15-/m0/s1. The van der Waals surface area contributed by atoms with Gasteiger partial charge in [0.1, 0.15) is 12.6 Å². The smallest absolute Gasteiger partial charge is 0.244 e. The molecule has 7 nitrogen and oxygen atoms in total. The van der Waals surface area contributed by atoms with E-state index >= 15 is 0 Å². The molecule has 2 aromatic rings. The van der Waals surface area contributed by atoms with Gasteiger partial charge in [-0.05, 0) is 43.2 Å². The number of sulfonamides is 1. The number of carbonyl (C=O) groups is 2. The normalized spacial score (nSPS) is 12.2. The fourth-order valence-electron chi connectivity index (χ4n) is 3.06. The van der Waals surface area contributed by atoms with Crippen LogP contribution in [0.1, 0.15) is 18.1 Å². The van der Waals surface area contributed by atoms with Crippen LogP contribution in [-0.4, -0.2) is 51.0 Å². The maximum absolute atomic E-state index is 13.3. The van der Waals surface area contributed by atoms with Gasteiger partial charge in [-0.2, -0.15) is 0 Å². The Bertz CT molecular complexity index is 1080. The molecule has 0 aliphatic carbocycles. The van der Waals surface area contributed by atoms with Crippen LogP contribution in [0.3, 0.4) is 0 Å². The molecule has 0 aliphatic heterocycles. The van der Waals surface area contributed by atoms with Crippen LogP contribution in [0.5, 0.6) is 0 Å². The summed E-state index contributed by atoms with van der Waals surface area (Å²) in [5.41, 5.74) is 1.46. The number of carbonyl (C=O) groups excluding carboxylic acids is 2. The first-order chi connectivity index (χ1) is 14.5. The van der Waals surface area contributed by atoms with Gasteiger partial charge in [-0.25, -0.2) is 8.42 Å². The Morgan fingerprint density at radius 2 is 1.68 bits per heavy atom. The molecule has 0 unspecified atom stereocenters. The lowest BCUT2D eigenvalue weighted by Gasteiger charge is -2.32. The SMILES string of the molecule is CNC(=O)[C@H](C)N(Cc1ccccc1Cl)C(=O)CN(c1cccc(Cl)c1C)S(C)(=O)=O. The maximum Gasteiger partial charge on any atom is 0.244 e. The topological polar surface area (TPSA) is 86.8 Å². The molecule has 0 fully saturated rings. The number of amides is 2. The third-order valence-electron chi connectivity index (χ3n) is 4.90. The van der Waals surface area contributed by atoms with Crippen molar-refractivity contribution in [3.63, 3.8) is 0 Å². The van der Waals surface area contributed by atoms with E-state index in [9.17, 15) is 18.0 Å². The lowest BCUT2D eigenvalue weighted by molar-refractivity contribution is -0.139. The predicted octanol–water partition coefficient (Wildman–Crippen LogP) is 3.23. The number of anilines is 1. The van der Waals surface area contributed by atoms with Gasteiger partial charge in [0, 0.05) is 23.6 Å². The number of nitrogens with zero attached hydrogens (tertiary/aromatic N) is 2. The minimum absolute atomic E-state index is 0.0409. The summed E-state index contributed by atoms with van der Waals surface area (Å²) in [6.07, 6.45) is 1.02. The van der Waals surface area contributed by atoms with Crippen LogP contribution in [-0.2, 0) is 26.2 Å². The van der Waals surface area contributed by atoms with Crippen molar-refractivity contribution in [2.24, 2.45) is 0 Å². The summed E-state index contributed by atoms with van der Waals surface area (Å²) < 4.78 is 26.1. The van der Waals surface area contributed by atoms with Gasteiger partial charge in [0.25, 0.3) is 0 Å². The van der Waals surface area contributed by atoms with E-state index in [1.165, 1.54) is 11.9 Å². The lowest BCUT2D eigenvalue weighted by atomic mass is 10.1. The largest absolute Gasteiger partial charge is 0.357 e. The molecular weight excluding hydrogens is 461 g/mol. The number of rotatable bonds is 8. The van der Waals surface area contributed by atoms with Gasteiger partial charge in [0.15, 0.2) is 0 Å². The second-order valence-corrected chi connectivity index (χ2v) is 9.78. The van der Waals surface area contributed by atoms with Crippen LogP contribution in [0.25, 0.3) is 0 Å². The van der Waals surface area contributed by atoms with Crippen molar-refractivity contribution in [1.29, 1.82) is 0 Å². The Balaban J connectivity index is 2.45. The zero-order valence-electron chi connectivity index (χ0n) is 17.7. The molecule has 0 saturated heterocycles. The second-order valence-electron chi connectivity index (χ2n) is 7.06. The predicted molar refractivity (Wildman–Crippen MR) is 124 cm³/mol. The number of benzene rings is 2. The van der Waals surface area contributed by atoms with E-state index in [4.69, 9.17) is 23.2 Å². The van der Waals surface area contributed by atoms with Crippen LogP contribution in [0.2, 0.25) is 10.0 Å². The Hall–Kier alpha value is -2.29. The maximum atomic E-state index is 13.3. The quantitative estimate of drug-likeness (QED) is 0.621. The lowest BCUT2D eigenvalue weighted by Crippen LogP contribution is -2.50. The third-order valence-corrected chi connectivity index (χ3v) is 6.80. The average Bonchev–Trinajstić information content (AvgIpc) is 2.71. The number of nitrogens with one attached hydrogen (secondary N) is 1. The van der Waals surface area contributed by atoms with Crippen LogP contribution < -0.4 is 9.62 Å². The van der Waals surface area contributed by atoms with E-state index in [0.717, 1.165) is 10.6 Å². The molecular formula is C21H25Cl2N3O4S. The minimum Gasteiger partial charge on any atom is -0.357 e. The molecule has 1 atom stereocenters. The zero-order chi connectivity index (χ0) is 23.3. The van der Waals surface area contributed by atoms with Crippen molar-refractivity contribution in [3.05, 3.63) is 63.6 Å². The van der Waals surface area contributed by atoms with Crippen LogP contribution >= 0.6 is 23.2 Å². The van der Waals surface area contributed by atoms with Crippen LogP contribution in [0, 0.1) is 6.92 Å². The molecule has 31 heavy (non-hydrogen) atoms. The molecule has 0 saturated carbocycles. The number of hydrogen-bond donors (Lipinski definition) is 1. The van der Waals surface area contributed by atoms with E-state index in [1.54, 1.807) is 56.3 Å². The van der Waals surface area contributed by atoms with E-state index in [-0.39, 0.29) is 12.5 Å². The number of hydrogen-bond acceptors (Lipinski definition) is 4. The third kappa shape index (κ3) is 6.12. The van der Waals surface area contributed by atoms with Crippen LogP contribution in [0.4, 0.5) is 5.69 Å². The molecule has 0 bridgehead atoms. The average molecular weight is 486 g/mol. The van der Waals surface area contributed by atoms with Crippen molar-refractivity contribution < 1.29 is 18.0 Å². The highest BCUT2D eigenvalue weighted by Crippen LogP contribution is 2.28. The molecule has 10 heteroatoms. The van der Waals surface area contributed by atoms with E-state index in [0.29, 0.717) is 26.9 Å². The molecule has 168 valence electrons. The van der Waals surface area contributed by atoms with Gasteiger partial charge in [-0.3, -0.25) is 13.9 Å². The van der Waals surface area contributed by atoms with Crippen molar-refractivity contribution in [2.45, 2.75) is 26.4 Å². The summed E-state index contributed by atoms with van der Waals surface area (Å²) in [5, 5.41) is 3.34. The van der Waals surface area contributed by atoms with Gasteiger partial charge < -0.3 is 10.2 Å². The van der Waals surface area contributed by atoms with E-state index in [2.05, 4.69) is 5.32 Å². The first-order valence-corrected chi connectivity index (χ1v) is 12.0. The van der Waals surface area contributed by atoms with E-state index in [1.807, 2.05) is 0 Å². The highest BCUT2D eigenvalue weighted by molar-refractivity contribution is 7.92. The van der Waals surface area contributed by atoms with E-state index < -0.39 is 28.5 Å². The zero-order valence-corrected chi connectivity index (χ0v) is 20.1. The summed E-state index contributed by atoms with van der Waals surface area (Å²) in [5.74, 6) is -0.939. The summed E-state index contributed by atoms with van der Waals surface area (Å²) >= 11 is 12.4. The molecule has 0 aromatic heterocycles. The molecule has 1 N–H and O–H groups in total. The number of halogens is 2. The molecule has 2 amide bonds. The molecule has 0 spiro atoms. The van der Waals surface area contributed by atoms with Gasteiger partial charge in [0.05, 0.1) is 11.9 Å². The Labute approximate surface area is 193 Å². The Morgan fingerprint density at radius 1 is 1.06 bits per heavy atom. The van der Waals surface area contributed by atoms with Gasteiger partial charge in [-0.1, -0.05) is 47.5 Å². The summed E-state index contributed by atoms with van der Waals surface area (Å²) in [4.78, 5) is 26.9. The molecule has 0 aliphatic rings. The van der Waals surface area contributed by atoms with Crippen molar-refractivity contribution in [1.82, 2.24) is 10.2 Å². The highest BCUT2D eigenvalue weighted by Gasteiger charge is 2.30. The van der Waals surface area contributed by atoms with Gasteiger partial charge >= 0.3 is 0 Å². The minimum atomic E-state index is -3.82. The monoisotopic (exact) mass is 485 g/mol. The molecule has 2 aromatic carbocycles. The second kappa shape index (κ2) is 10.3. The summed E-state index contributed by atoms with van der Waals surface area (Å²) in [7, 11) is -2.35. The fraction of sp³-hybridized carbons (Fsp3) is 0.333. The van der Waals surface area contributed by atoms with Crippen molar-refractivity contribution >= 4 is 50.7 Å². The fourth-order valence-corrected chi connectivity index (χ4v) is 4.33. The molecule has 0 heterocycles. The number of likely N-dealkylation sites (N-methyl/N-ethyl adjacent to an activating group) is 1. The molecule has 0 radical (unpaired) electrons. The van der Waals surface area contributed by atoms with Crippen LogP contribution in [0.15, 0.2) is 42.5 Å². The molecule has 2 rings (SSSR count). The summed E-state index contributed by atoms with van der Waals surface area (Å²) in [6, 6.07) is 10.9. The Morgan fingerprint density at radius 3 is 2.26 bits per heavy atom. The summed E-state index contributed by atoms with van der Waals surface area (Å²) in [6.45, 7) is 2.79. The first kappa shape index (κ1) is 25.0. The van der Waals surface area contributed by atoms with Gasteiger partial charge in [-0.15, -0.1) is 0 Å². The highest BCUT2D eigenvalue weighted by atomic mass is 35.5. The first-order valence-electron chi connectivity index (χ1n) is 9.44.